The molecule has 0 fully saturated rings. The molecule has 1 atom stereocenters. The molecule has 0 N–H and O–H groups in total. The molecule has 0 saturated carbocycles. The van der Waals surface area contributed by atoms with Crippen LogP contribution in [-0.4, -0.2) is 22.9 Å². The fourth-order valence-corrected chi connectivity index (χ4v) is 1.07. The maximum atomic E-state index is 11.1. The van der Waals surface area contributed by atoms with Crippen LogP contribution in [0.1, 0.15) is 18.7 Å². The molecule has 0 aliphatic rings. The Hall–Kier alpha value is -1.03. The van der Waals surface area contributed by atoms with Crippen molar-refractivity contribution in [3.8, 4) is 0 Å². The molecule has 0 bridgehead atoms. The lowest BCUT2D eigenvalue weighted by Crippen LogP contribution is -2.18. The third-order valence-electron chi connectivity index (χ3n) is 1.80. The lowest BCUT2D eigenvalue weighted by molar-refractivity contribution is -0.144. The van der Waals surface area contributed by atoms with E-state index in [1.54, 1.807) is 20.0 Å². The first-order chi connectivity index (χ1) is 6.06. The fourth-order valence-electron chi connectivity index (χ4n) is 0.936. The smallest absolute Gasteiger partial charge is 0.330 e. The van der Waals surface area contributed by atoms with Crippen LogP contribution in [0.25, 0.3) is 0 Å². The monoisotopic (exact) mass is 202 g/mol. The zero-order chi connectivity index (χ0) is 10.0. The third-order valence-corrected chi connectivity index (χ3v) is 2.17. The topological polar surface area (TPSA) is 44.1 Å². The van der Waals surface area contributed by atoms with E-state index < -0.39 is 6.04 Å². The van der Waals surface area contributed by atoms with Crippen LogP contribution in [0.5, 0.6) is 0 Å². The second-order valence-corrected chi connectivity index (χ2v) is 3.15. The van der Waals surface area contributed by atoms with Crippen LogP contribution in [0.4, 0.5) is 0 Å². The van der Waals surface area contributed by atoms with Crippen molar-refractivity contribution in [2.24, 2.45) is 0 Å². The highest BCUT2D eigenvalue weighted by Crippen LogP contribution is 2.16. The Morgan fingerprint density at radius 2 is 2.38 bits per heavy atom. The zero-order valence-electron chi connectivity index (χ0n) is 7.74. The lowest BCUT2D eigenvalue weighted by Gasteiger charge is -2.08. The van der Waals surface area contributed by atoms with Crippen LogP contribution in [0.2, 0.25) is 5.02 Å². The molecule has 1 aromatic rings. The molecule has 1 rings (SSSR count). The van der Waals surface area contributed by atoms with Crippen molar-refractivity contribution in [2.45, 2.75) is 19.9 Å². The number of halogens is 1. The molecule has 13 heavy (non-hydrogen) atoms. The third kappa shape index (κ3) is 2.01. The first kappa shape index (κ1) is 10.1. The van der Waals surface area contributed by atoms with Gasteiger partial charge < -0.3 is 4.74 Å². The molecule has 0 saturated heterocycles. The van der Waals surface area contributed by atoms with Gasteiger partial charge in [0.25, 0.3) is 0 Å². The molecule has 1 unspecified atom stereocenters. The summed E-state index contributed by atoms with van der Waals surface area (Å²) in [6.45, 7) is 3.48. The highest BCUT2D eigenvalue weighted by Gasteiger charge is 2.16. The number of methoxy groups -OCH3 is 1. The Balaban J connectivity index is 2.89. The molecule has 4 nitrogen and oxygen atoms in total. The highest BCUT2D eigenvalue weighted by molar-refractivity contribution is 6.31. The molecule has 1 heterocycles. The van der Waals surface area contributed by atoms with Crippen molar-refractivity contribution in [2.75, 3.05) is 7.11 Å². The molecule has 5 heteroatoms. The van der Waals surface area contributed by atoms with Gasteiger partial charge in [0.05, 0.1) is 17.8 Å². The van der Waals surface area contributed by atoms with Crippen LogP contribution in [0, 0.1) is 6.92 Å². The summed E-state index contributed by atoms with van der Waals surface area (Å²) in [5.74, 6) is -0.334. The Morgan fingerprint density at radius 1 is 1.77 bits per heavy atom. The van der Waals surface area contributed by atoms with Gasteiger partial charge in [-0.3, -0.25) is 4.68 Å². The number of hydrogen-bond donors (Lipinski definition) is 0. The van der Waals surface area contributed by atoms with Crippen LogP contribution in [0.15, 0.2) is 6.20 Å². The standard InChI is InChI=1S/C8H11ClN2O2/c1-5-7(9)4-11(10-5)6(2)8(12)13-3/h4,6H,1-3H3. The maximum absolute atomic E-state index is 11.1. The number of esters is 1. The van der Waals surface area contributed by atoms with Crippen LogP contribution in [0.3, 0.4) is 0 Å². The van der Waals surface area contributed by atoms with Crippen LogP contribution >= 0.6 is 11.6 Å². The van der Waals surface area contributed by atoms with E-state index >= 15 is 0 Å². The Kier molecular flexibility index (Phi) is 2.93. The minimum Gasteiger partial charge on any atom is -0.467 e. The summed E-state index contributed by atoms with van der Waals surface area (Å²) >= 11 is 5.79. The Morgan fingerprint density at radius 3 is 2.77 bits per heavy atom. The van der Waals surface area contributed by atoms with Gasteiger partial charge in [0.15, 0.2) is 0 Å². The van der Waals surface area contributed by atoms with Crippen molar-refractivity contribution < 1.29 is 9.53 Å². The molecule has 0 aliphatic carbocycles. The molecule has 0 amide bonds. The predicted molar refractivity (Wildman–Crippen MR) is 48.7 cm³/mol. The second-order valence-electron chi connectivity index (χ2n) is 2.74. The van der Waals surface area contributed by atoms with E-state index in [0.717, 1.165) is 0 Å². The lowest BCUT2D eigenvalue weighted by atomic mass is 10.3. The van der Waals surface area contributed by atoms with E-state index in [4.69, 9.17) is 11.6 Å². The number of carbonyl (C=O) groups excluding carboxylic acids is 1. The quantitative estimate of drug-likeness (QED) is 0.684. The predicted octanol–water partition coefficient (Wildman–Crippen LogP) is 1.58. The number of ether oxygens (including phenoxy) is 1. The van der Waals surface area contributed by atoms with Gasteiger partial charge in [-0.2, -0.15) is 5.10 Å². The number of aryl methyl sites for hydroxylation is 1. The first-order valence-electron chi connectivity index (χ1n) is 3.85. The van der Waals surface area contributed by atoms with E-state index in [-0.39, 0.29) is 5.97 Å². The molecule has 0 aliphatic heterocycles. The molecule has 1 aromatic heterocycles. The average molecular weight is 203 g/mol. The summed E-state index contributed by atoms with van der Waals surface area (Å²) in [6.07, 6.45) is 1.61. The van der Waals surface area contributed by atoms with Crippen LogP contribution in [-0.2, 0) is 9.53 Å². The minimum absolute atomic E-state index is 0.334. The van der Waals surface area contributed by atoms with Gasteiger partial charge in [-0.25, -0.2) is 4.79 Å². The average Bonchev–Trinajstić information content (AvgIpc) is 2.44. The van der Waals surface area contributed by atoms with Gasteiger partial charge in [0.2, 0.25) is 0 Å². The van der Waals surface area contributed by atoms with Crippen molar-refractivity contribution in [3.05, 3.63) is 16.9 Å². The van der Waals surface area contributed by atoms with Crippen molar-refractivity contribution >= 4 is 17.6 Å². The van der Waals surface area contributed by atoms with Gasteiger partial charge in [0, 0.05) is 6.20 Å². The number of aromatic nitrogens is 2. The van der Waals surface area contributed by atoms with E-state index in [9.17, 15) is 4.79 Å². The van der Waals surface area contributed by atoms with Crippen LogP contribution < -0.4 is 0 Å². The molecular formula is C8H11ClN2O2. The van der Waals surface area contributed by atoms with E-state index in [1.807, 2.05) is 0 Å². The van der Waals surface area contributed by atoms with Crippen molar-refractivity contribution in [1.82, 2.24) is 9.78 Å². The van der Waals surface area contributed by atoms with E-state index in [2.05, 4.69) is 9.84 Å². The Bertz CT molecular complexity index is 302. The van der Waals surface area contributed by atoms with Gasteiger partial charge in [-0.1, -0.05) is 11.6 Å². The largest absolute Gasteiger partial charge is 0.467 e. The fraction of sp³-hybridized carbons (Fsp3) is 0.500. The molecule has 72 valence electrons. The van der Waals surface area contributed by atoms with Gasteiger partial charge in [-0.05, 0) is 13.8 Å². The molecule has 0 aromatic carbocycles. The second kappa shape index (κ2) is 3.79. The first-order valence-corrected chi connectivity index (χ1v) is 4.23. The van der Waals surface area contributed by atoms with Gasteiger partial charge in [0.1, 0.15) is 6.04 Å². The normalized spacial score (nSPS) is 12.6. The SMILES string of the molecule is COC(=O)C(C)n1cc(Cl)c(C)n1. The highest BCUT2D eigenvalue weighted by atomic mass is 35.5. The van der Waals surface area contributed by atoms with Gasteiger partial charge >= 0.3 is 5.97 Å². The zero-order valence-corrected chi connectivity index (χ0v) is 8.50. The van der Waals surface area contributed by atoms with Crippen molar-refractivity contribution in [3.63, 3.8) is 0 Å². The van der Waals surface area contributed by atoms with Gasteiger partial charge in [-0.15, -0.1) is 0 Å². The number of hydrogen-bond acceptors (Lipinski definition) is 3. The summed E-state index contributed by atoms with van der Waals surface area (Å²) < 4.78 is 6.06. The summed E-state index contributed by atoms with van der Waals surface area (Å²) in [7, 11) is 1.34. The number of nitrogens with zero attached hydrogens (tertiary/aromatic N) is 2. The number of carbonyl (C=O) groups is 1. The molecule has 0 radical (unpaired) electrons. The van der Waals surface area contributed by atoms with Crippen molar-refractivity contribution in [1.29, 1.82) is 0 Å². The molecular weight excluding hydrogens is 192 g/mol. The minimum atomic E-state index is -0.434. The molecule has 0 spiro atoms. The number of rotatable bonds is 2. The van der Waals surface area contributed by atoms with E-state index in [1.165, 1.54) is 11.8 Å². The summed E-state index contributed by atoms with van der Waals surface area (Å²) in [5, 5.41) is 4.61. The van der Waals surface area contributed by atoms with E-state index in [0.29, 0.717) is 10.7 Å². The summed E-state index contributed by atoms with van der Waals surface area (Å²) in [4.78, 5) is 11.1. The summed E-state index contributed by atoms with van der Waals surface area (Å²) in [6, 6.07) is -0.434. The maximum Gasteiger partial charge on any atom is 0.330 e. The summed E-state index contributed by atoms with van der Waals surface area (Å²) in [5.41, 5.74) is 0.706. The Labute approximate surface area is 81.4 Å².